The number of piperazine rings is 1. The van der Waals surface area contributed by atoms with Crippen LogP contribution >= 0.6 is 0 Å². The molecule has 0 saturated carbocycles. The van der Waals surface area contributed by atoms with Crippen LogP contribution in [-0.4, -0.2) is 61.3 Å². The number of sulfone groups is 1. The monoisotopic (exact) mass is 414 g/mol. The summed E-state index contributed by atoms with van der Waals surface area (Å²) in [5.74, 6) is 0.228. The quantitative estimate of drug-likeness (QED) is 0.734. The van der Waals surface area contributed by atoms with Gasteiger partial charge in [0.05, 0.1) is 10.9 Å². The summed E-state index contributed by atoms with van der Waals surface area (Å²) in [6.45, 7) is 10.9. The average Bonchev–Trinajstić information content (AvgIpc) is 2.66. The van der Waals surface area contributed by atoms with Crippen molar-refractivity contribution in [2.45, 2.75) is 36.9 Å². The topological polar surface area (TPSA) is 60.9 Å². The Bertz CT molecular complexity index is 956. The van der Waals surface area contributed by atoms with Crippen LogP contribution in [0.5, 0.6) is 5.75 Å². The van der Waals surface area contributed by atoms with Gasteiger partial charge in [-0.05, 0) is 49.2 Å². The van der Waals surface area contributed by atoms with E-state index in [9.17, 15) is 13.5 Å². The molecule has 0 radical (unpaired) electrons. The zero-order valence-corrected chi connectivity index (χ0v) is 18.1. The van der Waals surface area contributed by atoms with Crippen molar-refractivity contribution in [2.24, 2.45) is 0 Å². The Hall–Kier alpha value is -2.15. The Balaban J connectivity index is 2.01. The molecule has 0 bridgehead atoms. The fourth-order valence-corrected chi connectivity index (χ4v) is 4.80. The van der Waals surface area contributed by atoms with E-state index in [1.54, 1.807) is 24.3 Å². The molecule has 1 saturated heterocycles. The van der Waals surface area contributed by atoms with Gasteiger partial charge in [-0.25, -0.2) is 8.42 Å². The van der Waals surface area contributed by atoms with Gasteiger partial charge >= 0.3 is 0 Å². The molecular formula is C23H30N2O3S. The lowest BCUT2D eigenvalue weighted by molar-refractivity contribution is 0.0306. The number of aromatic hydroxyl groups is 1. The maximum Gasteiger partial charge on any atom is 0.175 e. The standard InChI is InChI=1S/C23H30N2O3S/c1-5-13-24-15-18(3)25(16-17(24)2)23(20-7-6-8-21(26)14-20)19-9-11-22(12-10-19)29(4,27)28/h5-12,14,17-18,23,26H,1,13,15-16H2,2-4H3/t17-,18+,23-/m1/s1. The van der Waals surface area contributed by atoms with Crippen molar-refractivity contribution < 1.29 is 13.5 Å². The number of nitrogens with zero attached hydrogens (tertiary/aromatic N) is 2. The molecule has 1 aliphatic heterocycles. The lowest BCUT2D eigenvalue weighted by atomic mass is 9.93. The van der Waals surface area contributed by atoms with Gasteiger partial charge in [0.25, 0.3) is 0 Å². The predicted molar refractivity (Wildman–Crippen MR) is 117 cm³/mol. The molecule has 1 aliphatic rings. The highest BCUT2D eigenvalue weighted by Gasteiger charge is 2.34. The minimum atomic E-state index is -3.24. The van der Waals surface area contributed by atoms with E-state index in [1.165, 1.54) is 6.26 Å². The van der Waals surface area contributed by atoms with Gasteiger partial charge in [-0.2, -0.15) is 0 Å². The molecule has 0 unspecified atom stereocenters. The number of benzene rings is 2. The fourth-order valence-electron chi connectivity index (χ4n) is 4.17. The number of phenolic OH excluding ortho intramolecular Hbond substituents is 1. The molecule has 2 aromatic carbocycles. The van der Waals surface area contributed by atoms with Gasteiger partial charge in [0.2, 0.25) is 0 Å². The molecule has 5 nitrogen and oxygen atoms in total. The fraction of sp³-hybridized carbons (Fsp3) is 0.391. The van der Waals surface area contributed by atoms with Crippen molar-refractivity contribution >= 4 is 9.84 Å². The average molecular weight is 415 g/mol. The third kappa shape index (κ3) is 4.89. The van der Waals surface area contributed by atoms with Crippen LogP contribution in [0.25, 0.3) is 0 Å². The number of hydrogen-bond donors (Lipinski definition) is 1. The second-order valence-corrected chi connectivity index (χ2v) is 9.99. The van der Waals surface area contributed by atoms with Gasteiger partial charge in [0.1, 0.15) is 5.75 Å². The smallest absolute Gasteiger partial charge is 0.175 e. The lowest BCUT2D eigenvalue weighted by Crippen LogP contribution is -2.57. The van der Waals surface area contributed by atoms with Crippen LogP contribution in [0.15, 0.2) is 66.1 Å². The molecule has 0 aromatic heterocycles. The lowest BCUT2D eigenvalue weighted by Gasteiger charge is -2.47. The van der Waals surface area contributed by atoms with Crippen LogP contribution in [0.4, 0.5) is 0 Å². The molecule has 3 rings (SSSR count). The maximum absolute atomic E-state index is 11.9. The van der Waals surface area contributed by atoms with E-state index >= 15 is 0 Å². The van der Waals surface area contributed by atoms with Gasteiger partial charge in [-0.3, -0.25) is 9.80 Å². The Morgan fingerprint density at radius 1 is 1.10 bits per heavy atom. The number of phenols is 1. The summed E-state index contributed by atoms with van der Waals surface area (Å²) in [5.41, 5.74) is 2.01. The van der Waals surface area contributed by atoms with Crippen LogP contribution in [0.3, 0.4) is 0 Å². The molecule has 0 spiro atoms. The molecule has 29 heavy (non-hydrogen) atoms. The summed E-state index contributed by atoms with van der Waals surface area (Å²) in [6.07, 6.45) is 3.16. The molecule has 0 aliphatic carbocycles. The molecule has 156 valence electrons. The Morgan fingerprint density at radius 2 is 1.79 bits per heavy atom. The molecule has 6 heteroatoms. The van der Waals surface area contributed by atoms with Crippen LogP contribution < -0.4 is 0 Å². The molecule has 1 fully saturated rings. The van der Waals surface area contributed by atoms with Crippen molar-refractivity contribution in [1.29, 1.82) is 0 Å². The highest BCUT2D eigenvalue weighted by molar-refractivity contribution is 7.90. The zero-order chi connectivity index (χ0) is 21.2. The molecule has 2 aromatic rings. The number of rotatable bonds is 6. The molecule has 3 atom stereocenters. The second-order valence-electron chi connectivity index (χ2n) is 7.98. The third-order valence-corrected chi connectivity index (χ3v) is 6.80. The predicted octanol–water partition coefficient (Wildman–Crippen LogP) is 3.47. The van der Waals surface area contributed by atoms with Crippen molar-refractivity contribution in [3.8, 4) is 5.75 Å². The van der Waals surface area contributed by atoms with Crippen molar-refractivity contribution in [2.75, 3.05) is 25.9 Å². The Morgan fingerprint density at radius 3 is 2.38 bits per heavy atom. The normalized spacial score (nSPS) is 22.3. The van der Waals surface area contributed by atoms with E-state index < -0.39 is 9.84 Å². The van der Waals surface area contributed by atoms with E-state index in [1.807, 2.05) is 30.3 Å². The van der Waals surface area contributed by atoms with Crippen LogP contribution in [0.1, 0.15) is 31.0 Å². The first kappa shape index (κ1) is 21.6. The van der Waals surface area contributed by atoms with E-state index in [2.05, 4.69) is 30.2 Å². The van der Waals surface area contributed by atoms with E-state index in [-0.39, 0.29) is 17.8 Å². The summed E-state index contributed by atoms with van der Waals surface area (Å²) < 4.78 is 23.7. The van der Waals surface area contributed by atoms with Crippen molar-refractivity contribution in [3.63, 3.8) is 0 Å². The minimum absolute atomic E-state index is 0.0703. The van der Waals surface area contributed by atoms with Crippen LogP contribution in [0, 0.1) is 0 Å². The maximum atomic E-state index is 11.9. The molecule has 1 N–H and O–H groups in total. The zero-order valence-electron chi connectivity index (χ0n) is 17.3. The van der Waals surface area contributed by atoms with Gasteiger partial charge in [-0.1, -0.05) is 30.3 Å². The summed E-state index contributed by atoms with van der Waals surface area (Å²) in [7, 11) is -3.24. The summed E-state index contributed by atoms with van der Waals surface area (Å²) in [4.78, 5) is 5.17. The first-order valence-electron chi connectivity index (χ1n) is 9.90. The van der Waals surface area contributed by atoms with Crippen LogP contribution in [0.2, 0.25) is 0 Å². The SMILES string of the molecule is C=CCN1C[C@H](C)N([C@H](c2ccc(S(C)(=O)=O)cc2)c2cccc(O)c2)C[C@H]1C. The van der Waals surface area contributed by atoms with Crippen molar-refractivity contribution in [1.82, 2.24) is 9.80 Å². The van der Waals surface area contributed by atoms with Crippen molar-refractivity contribution in [3.05, 3.63) is 72.3 Å². The molecule has 1 heterocycles. The summed E-state index contributed by atoms with van der Waals surface area (Å²) in [5, 5.41) is 10.1. The van der Waals surface area contributed by atoms with E-state index in [0.29, 0.717) is 10.9 Å². The van der Waals surface area contributed by atoms with Gasteiger partial charge < -0.3 is 5.11 Å². The Kier molecular flexibility index (Phi) is 6.46. The highest BCUT2D eigenvalue weighted by atomic mass is 32.2. The molecular weight excluding hydrogens is 384 g/mol. The van der Waals surface area contributed by atoms with Crippen LogP contribution in [-0.2, 0) is 9.84 Å². The van der Waals surface area contributed by atoms with Gasteiger partial charge in [0.15, 0.2) is 9.84 Å². The third-order valence-electron chi connectivity index (χ3n) is 5.67. The van der Waals surface area contributed by atoms with Gasteiger partial charge in [0, 0.05) is 38.0 Å². The van der Waals surface area contributed by atoms with Gasteiger partial charge in [-0.15, -0.1) is 6.58 Å². The minimum Gasteiger partial charge on any atom is -0.508 e. The molecule has 0 amide bonds. The van der Waals surface area contributed by atoms with E-state index in [0.717, 1.165) is 30.8 Å². The first-order chi connectivity index (χ1) is 13.7. The second kappa shape index (κ2) is 8.69. The highest BCUT2D eigenvalue weighted by Crippen LogP contribution is 2.34. The summed E-state index contributed by atoms with van der Waals surface area (Å²) >= 11 is 0. The first-order valence-corrected chi connectivity index (χ1v) is 11.8. The Labute approximate surface area is 174 Å². The summed E-state index contributed by atoms with van der Waals surface area (Å²) in [6, 6.07) is 15.0. The number of hydrogen-bond acceptors (Lipinski definition) is 5. The largest absolute Gasteiger partial charge is 0.508 e. The van der Waals surface area contributed by atoms with E-state index in [4.69, 9.17) is 0 Å².